The summed E-state index contributed by atoms with van der Waals surface area (Å²) in [5.74, 6) is 0.721. The molecule has 22 heavy (non-hydrogen) atoms. The average molecular weight is 307 g/mol. The highest BCUT2D eigenvalue weighted by atomic mass is 16.5. The summed E-state index contributed by atoms with van der Waals surface area (Å²) < 4.78 is 5.64. The maximum atomic E-state index is 9.86. The summed E-state index contributed by atoms with van der Waals surface area (Å²) in [6.07, 6.45) is 10.1. The number of phenols is 1. The van der Waals surface area contributed by atoms with Gasteiger partial charge >= 0.3 is 0 Å². The average Bonchev–Trinajstić information content (AvgIpc) is 2.52. The van der Waals surface area contributed by atoms with Gasteiger partial charge in [-0.2, -0.15) is 0 Å². The summed E-state index contributed by atoms with van der Waals surface area (Å²) in [7, 11) is 0. The molecule has 0 bridgehead atoms. The molecule has 0 aromatic heterocycles. The van der Waals surface area contributed by atoms with Gasteiger partial charge in [0.05, 0.1) is 12.3 Å². The van der Waals surface area contributed by atoms with E-state index in [-0.39, 0.29) is 5.75 Å². The van der Waals surface area contributed by atoms with Crippen LogP contribution in [-0.2, 0) is 0 Å². The molecule has 0 atom stereocenters. The van der Waals surface area contributed by atoms with E-state index in [0.717, 1.165) is 6.42 Å². The number of ether oxygens (including phenoxy) is 1. The Hall–Kier alpha value is -1.71. The van der Waals surface area contributed by atoms with E-state index in [1.165, 1.54) is 44.9 Å². The van der Waals surface area contributed by atoms with Gasteiger partial charge in [0.15, 0.2) is 0 Å². The molecule has 0 radical (unpaired) electrons. The number of unbranched alkanes of at least 4 members (excludes halogenated alkanes) is 7. The molecule has 0 spiro atoms. The van der Waals surface area contributed by atoms with Crippen LogP contribution >= 0.6 is 0 Å². The molecular formula is C18H29NO3. The lowest BCUT2D eigenvalue weighted by molar-refractivity contribution is 0.302. The van der Waals surface area contributed by atoms with Crippen LogP contribution < -0.4 is 4.74 Å². The molecule has 0 aliphatic heterocycles. The minimum atomic E-state index is 0.0729. The summed E-state index contributed by atoms with van der Waals surface area (Å²) in [4.78, 5) is 0. The number of aromatic hydroxyl groups is 1. The zero-order valence-electron chi connectivity index (χ0n) is 13.8. The molecule has 0 unspecified atom stereocenters. The number of hydrogen-bond donors (Lipinski definition) is 2. The molecule has 0 saturated heterocycles. The van der Waals surface area contributed by atoms with Crippen molar-refractivity contribution in [2.24, 2.45) is 5.16 Å². The molecule has 0 heterocycles. The summed E-state index contributed by atoms with van der Waals surface area (Å²) in [5, 5.41) is 21.7. The second-order valence-corrected chi connectivity index (χ2v) is 5.69. The third-order valence-corrected chi connectivity index (χ3v) is 3.78. The predicted molar refractivity (Wildman–Crippen MR) is 90.2 cm³/mol. The van der Waals surface area contributed by atoms with Gasteiger partial charge in [0.25, 0.3) is 0 Å². The van der Waals surface area contributed by atoms with Gasteiger partial charge in [-0.3, -0.25) is 0 Å². The fourth-order valence-electron chi connectivity index (χ4n) is 2.39. The minimum absolute atomic E-state index is 0.0729. The second kappa shape index (κ2) is 10.9. The lowest BCUT2D eigenvalue weighted by atomic mass is 10.1. The maximum Gasteiger partial charge on any atom is 0.128 e. The summed E-state index contributed by atoms with van der Waals surface area (Å²) >= 11 is 0. The number of hydrogen-bond acceptors (Lipinski definition) is 4. The van der Waals surface area contributed by atoms with Gasteiger partial charge in [-0.1, -0.05) is 57.0 Å². The third-order valence-electron chi connectivity index (χ3n) is 3.78. The molecule has 0 aliphatic carbocycles. The SMILES string of the molecule is CCCCCCCCCCOc1ccc(/C(C)=N\O)c(O)c1. The van der Waals surface area contributed by atoms with Gasteiger partial charge in [-0.15, -0.1) is 0 Å². The molecule has 0 amide bonds. The van der Waals surface area contributed by atoms with E-state index in [4.69, 9.17) is 9.94 Å². The Morgan fingerprint density at radius 3 is 2.27 bits per heavy atom. The van der Waals surface area contributed by atoms with Crippen molar-refractivity contribution in [1.82, 2.24) is 0 Å². The fourth-order valence-corrected chi connectivity index (χ4v) is 2.39. The Kier molecular flexibility index (Phi) is 9.12. The Morgan fingerprint density at radius 2 is 1.68 bits per heavy atom. The largest absolute Gasteiger partial charge is 0.507 e. The normalized spacial score (nSPS) is 11.6. The molecular weight excluding hydrogens is 278 g/mol. The van der Waals surface area contributed by atoms with Crippen LogP contribution in [0.2, 0.25) is 0 Å². The first kappa shape index (κ1) is 18.3. The van der Waals surface area contributed by atoms with E-state index in [2.05, 4.69) is 12.1 Å². The zero-order chi connectivity index (χ0) is 16.2. The van der Waals surface area contributed by atoms with Crippen molar-refractivity contribution in [1.29, 1.82) is 0 Å². The molecule has 0 saturated carbocycles. The van der Waals surface area contributed by atoms with Crippen LogP contribution in [0.4, 0.5) is 0 Å². The highest BCUT2D eigenvalue weighted by Crippen LogP contribution is 2.24. The van der Waals surface area contributed by atoms with Crippen molar-refractivity contribution < 1.29 is 15.1 Å². The fraction of sp³-hybridized carbons (Fsp3) is 0.611. The van der Waals surface area contributed by atoms with E-state index in [0.29, 0.717) is 23.6 Å². The molecule has 1 rings (SSSR count). The van der Waals surface area contributed by atoms with Crippen molar-refractivity contribution in [2.75, 3.05) is 6.61 Å². The first-order chi connectivity index (χ1) is 10.7. The van der Waals surface area contributed by atoms with Crippen LogP contribution in [0.5, 0.6) is 11.5 Å². The number of benzene rings is 1. The first-order valence-electron chi connectivity index (χ1n) is 8.34. The molecule has 0 aliphatic rings. The number of oxime groups is 1. The molecule has 1 aromatic carbocycles. The Morgan fingerprint density at radius 1 is 1.05 bits per heavy atom. The third kappa shape index (κ3) is 6.83. The summed E-state index contributed by atoms with van der Waals surface area (Å²) in [6.45, 7) is 4.54. The Bertz CT molecular complexity index is 458. The van der Waals surface area contributed by atoms with Gasteiger partial charge in [-0.25, -0.2) is 0 Å². The van der Waals surface area contributed by atoms with Crippen LogP contribution in [0.3, 0.4) is 0 Å². The summed E-state index contributed by atoms with van der Waals surface area (Å²) in [6, 6.07) is 5.05. The molecule has 0 fully saturated rings. The Labute approximate surface area is 133 Å². The standard InChI is InChI=1S/C18H29NO3/c1-3-4-5-6-7-8-9-10-13-22-16-11-12-17(15(2)19-21)18(20)14-16/h11-12,14,20-21H,3-10,13H2,1-2H3/b19-15-. The topological polar surface area (TPSA) is 62.0 Å². The zero-order valence-corrected chi connectivity index (χ0v) is 13.8. The van der Waals surface area contributed by atoms with Crippen LogP contribution in [-0.4, -0.2) is 22.6 Å². The van der Waals surface area contributed by atoms with Crippen LogP contribution in [0.15, 0.2) is 23.4 Å². The van der Waals surface area contributed by atoms with Gasteiger partial charge in [0.1, 0.15) is 11.5 Å². The lowest BCUT2D eigenvalue weighted by Gasteiger charge is -2.09. The molecule has 4 heteroatoms. The number of phenolic OH excluding ortho intramolecular Hbond substituents is 1. The molecule has 124 valence electrons. The monoisotopic (exact) mass is 307 g/mol. The van der Waals surface area contributed by atoms with E-state index < -0.39 is 0 Å². The van der Waals surface area contributed by atoms with Crippen molar-refractivity contribution in [3.63, 3.8) is 0 Å². The van der Waals surface area contributed by atoms with Gasteiger partial charge in [-0.05, 0) is 25.5 Å². The predicted octanol–water partition coefficient (Wildman–Crippen LogP) is 5.11. The second-order valence-electron chi connectivity index (χ2n) is 5.69. The van der Waals surface area contributed by atoms with E-state index in [9.17, 15) is 5.11 Å². The van der Waals surface area contributed by atoms with Gasteiger partial charge in [0.2, 0.25) is 0 Å². The van der Waals surface area contributed by atoms with Crippen LogP contribution in [0, 0.1) is 0 Å². The van der Waals surface area contributed by atoms with Crippen molar-refractivity contribution in [3.05, 3.63) is 23.8 Å². The molecule has 2 N–H and O–H groups in total. The Balaban J connectivity index is 2.19. The van der Waals surface area contributed by atoms with Crippen LogP contribution in [0.25, 0.3) is 0 Å². The molecule has 1 aromatic rings. The minimum Gasteiger partial charge on any atom is -0.507 e. The van der Waals surface area contributed by atoms with Crippen molar-refractivity contribution >= 4 is 5.71 Å². The lowest BCUT2D eigenvalue weighted by Crippen LogP contribution is -1.99. The molecule has 4 nitrogen and oxygen atoms in total. The van der Waals surface area contributed by atoms with E-state index in [1.807, 2.05) is 0 Å². The number of rotatable bonds is 11. The number of nitrogens with zero attached hydrogens (tertiary/aromatic N) is 1. The first-order valence-corrected chi connectivity index (χ1v) is 8.34. The highest BCUT2D eigenvalue weighted by molar-refractivity contribution is 6.00. The van der Waals surface area contributed by atoms with E-state index in [1.54, 1.807) is 25.1 Å². The van der Waals surface area contributed by atoms with Gasteiger partial charge < -0.3 is 15.1 Å². The quantitative estimate of drug-likeness (QED) is 0.258. The van der Waals surface area contributed by atoms with E-state index >= 15 is 0 Å². The van der Waals surface area contributed by atoms with Crippen molar-refractivity contribution in [2.45, 2.75) is 65.2 Å². The van der Waals surface area contributed by atoms with Crippen LogP contribution in [0.1, 0.15) is 70.8 Å². The highest BCUT2D eigenvalue weighted by Gasteiger charge is 2.06. The summed E-state index contributed by atoms with van der Waals surface area (Å²) in [5.41, 5.74) is 0.897. The van der Waals surface area contributed by atoms with Crippen molar-refractivity contribution in [3.8, 4) is 11.5 Å². The van der Waals surface area contributed by atoms with Gasteiger partial charge in [0, 0.05) is 11.6 Å². The maximum absolute atomic E-state index is 9.86. The smallest absolute Gasteiger partial charge is 0.128 e.